The van der Waals surface area contributed by atoms with Crippen LogP contribution in [0.15, 0.2) is 66.7 Å². The first-order valence-electron chi connectivity index (χ1n) is 8.66. The van der Waals surface area contributed by atoms with Gasteiger partial charge < -0.3 is 10.6 Å². The van der Waals surface area contributed by atoms with E-state index in [2.05, 4.69) is 33.0 Å². The van der Waals surface area contributed by atoms with E-state index >= 15 is 0 Å². The highest BCUT2D eigenvalue weighted by Gasteiger charge is 2.08. The van der Waals surface area contributed by atoms with Crippen molar-refractivity contribution in [3.63, 3.8) is 0 Å². The molecule has 0 unspecified atom stereocenters. The highest BCUT2D eigenvalue weighted by Crippen LogP contribution is 2.06. The van der Waals surface area contributed by atoms with E-state index in [4.69, 9.17) is 0 Å². The summed E-state index contributed by atoms with van der Waals surface area (Å²) in [6, 6.07) is 21.8. The van der Waals surface area contributed by atoms with Crippen molar-refractivity contribution in [2.75, 3.05) is 11.9 Å². The highest BCUT2D eigenvalue weighted by atomic mass is 16.1. The lowest BCUT2D eigenvalue weighted by Crippen LogP contribution is -2.24. The summed E-state index contributed by atoms with van der Waals surface area (Å²) in [5.74, 6) is 0.435. The third-order valence-corrected chi connectivity index (χ3v) is 4.03. The van der Waals surface area contributed by atoms with Crippen LogP contribution in [-0.4, -0.2) is 22.6 Å². The first-order chi connectivity index (χ1) is 12.7. The molecule has 5 heteroatoms. The number of aryl methyl sites for hydroxylation is 1. The summed E-state index contributed by atoms with van der Waals surface area (Å²) in [6.45, 7) is 3.27. The lowest BCUT2D eigenvalue weighted by atomic mass is 10.1. The molecule has 0 saturated carbocycles. The minimum absolute atomic E-state index is 0.228. The second kappa shape index (κ2) is 8.76. The van der Waals surface area contributed by atoms with E-state index in [1.807, 2.05) is 49.4 Å². The van der Waals surface area contributed by atoms with Crippen molar-refractivity contribution in [3.05, 3.63) is 89.1 Å². The van der Waals surface area contributed by atoms with Gasteiger partial charge in [0.25, 0.3) is 5.91 Å². The van der Waals surface area contributed by atoms with Crippen LogP contribution >= 0.6 is 0 Å². The number of nitrogens with zero attached hydrogens (tertiary/aromatic N) is 2. The van der Waals surface area contributed by atoms with E-state index in [1.165, 1.54) is 11.1 Å². The molecule has 0 aliphatic rings. The number of benzene rings is 2. The van der Waals surface area contributed by atoms with Crippen LogP contribution in [0.4, 0.5) is 5.82 Å². The van der Waals surface area contributed by atoms with Crippen LogP contribution in [0.3, 0.4) is 0 Å². The molecule has 26 heavy (non-hydrogen) atoms. The van der Waals surface area contributed by atoms with E-state index in [0.29, 0.717) is 18.1 Å². The number of carbonyl (C=O) groups is 1. The maximum atomic E-state index is 12.2. The van der Waals surface area contributed by atoms with Crippen LogP contribution in [0, 0.1) is 6.92 Å². The molecule has 0 atom stereocenters. The van der Waals surface area contributed by atoms with Crippen molar-refractivity contribution in [2.45, 2.75) is 19.9 Å². The second-order valence-corrected chi connectivity index (χ2v) is 6.13. The summed E-state index contributed by atoms with van der Waals surface area (Å²) >= 11 is 0. The third-order valence-electron chi connectivity index (χ3n) is 4.03. The Morgan fingerprint density at radius 2 is 1.65 bits per heavy atom. The number of nitrogens with one attached hydrogen (secondary N) is 2. The highest BCUT2D eigenvalue weighted by molar-refractivity contribution is 5.92. The summed E-state index contributed by atoms with van der Waals surface area (Å²) in [7, 11) is 0. The minimum atomic E-state index is -0.228. The minimum Gasteiger partial charge on any atom is -0.368 e. The number of rotatable bonds is 7. The molecule has 2 N–H and O–H groups in total. The van der Waals surface area contributed by atoms with Gasteiger partial charge in [-0.25, -0.2) is 0 Å². The van der Waals surface area contributed by atoms with Gasteiger partial charge in [0.15, 0.2) is 5.69 Å². The van der Waals surface area contributed by atoms with Gasteiger partial charge in [-0.2, -0.15) is 0 Å². The Balaban J connectivity index is 1.47. The van der Waals surface area contributed by atoms with Crippen LogP contribution in [0.5, 0.6) is 0 Å². The van der Waals surface area contributed by atoms with Crippen LogP contribution in [0.1, 0.15) is 27.2 Å². The topological polar surface area (TPSA) is 66.9 Å². The Hall–Kier alpha value is -3.21. The zero-order valence-corrected chi connectivity index (χ0v) is 14.8. The van der Waals surface area contributed by atoms with Gasteiger partial charge in [0, 0.05) is 13.1 Å². The predicted molar refractivity (Wildman–Crippen MR) is 103 cm³/mol. The monoisotopic (exact) mass is 346 g/mol. The molecule has 0 bridgehead atoms. The van der Waals surface area contributed by atoms with Gasteiger partial charge in [-0.15, -0.1) is 10.2 Å². The number of hydrogen-bond donors (Lipinski definition) is 2. The normalized spacial score (nSPS) is 10.3. The Morgan fingerprint density at radius 1 is 0.885 bits per heavy atom. The first-order valence-corrected chi connectivity index (χ1v) is 8.66. The number of aromatic nitrogens is 2. The molecule has 0 fully saturated rings. The van der Waals surface area contributed by atoms with E-state index in [1.54, 1.807) is 12.1 Å². The third kappa shape index (κ3) is 5.14. The molecule has 1 heterocycles. The number of anilines is 1. The Bertz CT molecular complexity index is 830. The van der Waals surface area contributed by atoms with Crippen LogP contribution in [-0.2, 0) is 13.0 Å². The SMILES string of the molecule is Cc1ccc(CNC(=O)c2ccc(NCCc3ccccc3)nn2)cc1. The van der Waals surface area contributed by atoms with Gasteiger partial charge in [-0.05, 0) is 36.6 Å². The van der Waals surface area contributed by atoms with Crippen molar-refractivity contribution in [3.8, 4) is 0 Å². The van der Waals surface area contributed by atoms with Crippen molar-refractivity contribution in [2.24, 2.45) is 0 Å². The predicted octanol–water partition coefficient (Wildman–Crippen LogP) is 3.37. The largest absolute Gasteiger partial charge is 0.368 e. The van der Waals surface area contributed by atoms with Crippen LogP contribution in [0.2, 0.25) is 0 Å². The number of hydrogen-bond acceptors (Lipinski definition) is 4. The molecular formula is C21H22N4O. The second-order valence-electron chi connectivity index (χ2n) is 6.13. The van der Waals surface area contributed by atoms with Crippen LogP contribution < -0.4 is 10.6 Å². The summed E-state index contributed by atoms with van der Waals surface area (Å²) in [5, 5.41) is 14.2. The van der Waals surface area contributed by atoms with E-state index < -0.39 is 0 Å². The first kappa shape index (κ1) is 17.6. The molecule has 1 aromatic heterocycles. The Morgan fingerprint density at radius 3 is 2.35 bits per heavy atom. The molecule has 2 aromatic carbocycles. The molecule has 0 aliphatic heterocycles. The van der Waals surface area contributed by atoms with E-state index in [-0.39, 0.29) is 5.91 Å². The molecule has 1 amide bonds. The average Bonchev–Trinajstić information content (AvgIpc) is 2.69. The smallest absolute Gasteiger partial charge is 0.272 e. The van der Waals surface area contributed by atoms with Gasteiger partial charge >= 0.3 is 0 Å². The van der Waals surface area contributed by atoms with Crippen molar-refractivity contribution in [1.82, 2.24) is 15.5 Å². The summed E-state index contributed by atoms with van der Waals surface area (Å²) in [4.78, 5) is 12.2. The standard InChI is InChI=1S/C21H22N4O/c1-16-7-9-18(10-8-16)15-23-21(26)19-11-12-20(25-24-19)22-14-13-17-5-3-2-4-6-17/h2-12H,13-15H2,1H3,(H,22,25)(H,23,26). The Kier molecular flexibility index (Phi) is 5.93. The van der Waals surface area contributed by atoms with Gasteiger partial charge in [-0.3, -0.25) is 4.79 Å². The number of carbonyl (C=O) groups excluding carboxylic acids is 1. The van der Waals surface area contributed by atoms with Gasteiger partial charge in [-0.1, -0.05) is 60.2 Å². The molecule has 5 nitrogen and oxygen atoms in total. The van der Waals surface area contributed by atoms with E-state index in [0.717, 1.165) is 18.5 Å². The Labute approximate surface area is 153 Å². The molecule has 0 saturated heterocycles. The lowest BCUT2D eigenvalue weighted by Gasteiger charge is -2.07. The van der Waals surface area contributed by atoms with E-state index in [9.17, 15) is 4.79 Å². The summed E-state index contributed by atoms with van der Waals surface area (Å²) in [5.41, 5.74) is 3.82. The molecule has 0 aliphatic carbocycles. The van der Waals surface area contributed by atoms with Crippen molar-refractivity contribution < 1.29 is 4.79 Å². The molecule has 0 spiro atoms. The maximum absolute atomic E-state index is 12.2. The zero-order valence-electron chi connectivity index (χ0n) is 14.8. The van der Waals surface area contributed by atoms with Crippen LogP contribution in [0.25, 0.3) is 0 Å². The van der Waals surface area contributed by atoms with Crippen molar-refractivity contribution in [1.29, 1.82) is 0 Å². The lowest BCUT2D eigenvalue weighted by molar-refractivity contribution is 0.0945. The fourth-order valence-corrected chi connectivity index (χ4v) is 2.51. The van der Waals surface area contributed by atoms with Gasteiger partial charge in [0.05, 0.1) is 0 Å². The van der Waals surface area contributed by atoms with Crippen molar-refractivity contribution >= 4 is 11.7 Å². The van der Waals surface area contributed by atoms with Gasteiger partial charge in [0.1, 0.15) is 5.82 Å². The summed E-state index contributed by atoms with van der Waals surface area (Å²) in [6.07, 6.45) is 0.904. The van der Waals surface area contributed by atoms with Gasteiger partial charge in [0.2, 0.25) is 0 Å². The zero-order chi connectivity index (χ0) is 18.2. The molecule has 132 valence electrons. The quantitative estimate of drug-likeness (QED) is 0.688. The fourth-order valence-electron chi connectivity index (χ4n) is 2.51. The fraction of sp³-hybridized carbons (Fsp3) is 0.190. The number of amides is 1. The molecular weight excluding hydrogens is 324 g/mol. The maximum Gasteiger partial charge on any atom is 0.272 e. The molecule has 0 radical (unpaired) electrons. The molecule has 3 aromatic rings. The molecule has 3 rings (SSSR count). The average molecular weight is 346 g/mol. The summed E-state index contributed by atoms with van der Waals surface area (Å²) < 4.78 is 0.